The Morgan fingerprint density at radius 1 is 1.12 bits per heavy atom. The third-order valence-electron chi connectivity index (χ3n) is 5.12. The topological polar surface area (TPSA) is 51.7 Å². The van der Waals surface area contributed by atoms with Crippen LogP contribution in [0.3, 0.4) is 0 Å². The second-order valence-corrected chi connectivity index (χ2v) is 6.80. The minimum Gasteiger partial charge on any atom is -0.490 e. The molecule has 0 aliphatic carbocycles. The van der Waals surface area contributed by atoms with Gasteiger partial charge in [0, 0.05) is 37.3 Å². The smallest absolute Gasteiger partial charge is 0.261 e. The molecule has 1 aromatic heterocycles. The number of hydrogen-bond acceptors (Lipinski definition) is 4. The molecule has 0 spiro atoms. The molecular formula is C20H21FN2O3. The number of rotatable bonds is 5. The summed E-state index contributed by atoms with van der Waals surface area (Å²) in [6.07, 6.45) is 7.10. The highest BCUT2D eigenvalue weighted by Crippen LogP contribution is 2.37. The second-order valence-electron chi connectivity index (χ2n) is 6.80. The van der Waals surface area contributed by atoms with E-state index in [-0.39, 0.29) is 36.5 Å². The van der Waals surface area contributed by atoms with Crippen molar-refractivity contribution in [3.05, 3.63) is 54.6 Å². The maximum Gasteiger partial charge on any atom is 0.261 e. The first kappa shape index (κ1) is 16.8. The van der Waals surface area contributed by atoms with Gasteiger partial charge >= 0.3 is 0 Å². The summed E-state index contributed by atoms with van der Waals surface area (Å²) in [6, 6.07) is 10.2. The van der Waals surface area contributed by atoms with Crippen LogP contribution in [0.4, 0.5) is 4.39 Å². The van der Waals surface area contributed by atoms with Crippen LogP contribution in [0.5, 0.6) is 11.5 Å². The van der Waals surface area contributed by atoms with Gasteiger partial charge in [0.25, 0.3) is 5.91 Å². The van der Waals surface area contributed by atoms with E-state index in [9.17, 15) is 9.18 Å². The van der Waals surface area contributed by atoms with Crippen LogP contribution in [0, 0.1) is 5.82 Å². The molecule has 26 heavy (non-hydrogen) atoms. The number of benzene rings is 1. The number of aromatic nitrogens is 1. The molecule has 2 aromatic rings. The van der Waals surface area contributed by atoms with Gasteiger partial charge in [0.1, 0.15) is 11.9 Å². The molecule has 2 fully saturated rings. The van der Waals surface area contributed by atoms with Gasteiger partial charge < -0.3 is 14.4 Å². The van der Waals surface area contributed by atoms with Gasteiger partial charge in [-0.15, -0.1) is 0 Å². The molecule has 0 radical (unpaired) electrons. The largest absolute Gasteiger partial charge is 0.490 e. The van der Waals surface area contributed by atoms with E-state index in [1.807, 2.05) is 17.0 Å². The summed E-state index contributed by atoms with van der Waals surface area (Å²) in [5, 5.41) is 0. The van der Waals surface area contributed by atoms with Crippen molar-refractivity contribution in [3.8, 4) is 11.5 Å². The predicted octanol–water partition coefficient (Wildman–Crippen LogP) is 3.20. The molecule has 2 atom stereocenters. The predicted molar refractivity (Wildman–Crippen MR) is 93.4 cm³/mol. The normalized spacial score (nSPS) is 24.3. The van der Waals surface area contributed by atoms with Crippen LogP contribution in [-0.2, 0) is 4.79 Å². The van der Waals surface area contributed by atoms with Crippen LogP contribution in [0.1, 0.15) is 25.7 Å². The van der Waals surface area contributed by atoms with Gasteiger partial charge in [-0.25, -0.2) is 4.39 Å². The van der Waals surface area contributed by atoms with Crippen LogP contribution < -0.4 is 9.47 Å². The van der Waals surface area contributed by atoms with Crippen molar-refractivity contribution in [1.29, 1.82) is 0 Å². The number of halogens is 1. The number of hydrogen-bond donors (Lipinski definition) is 0. The first-order valence-electron chi connectivity index (χ1n) is 8.96. The molecule has 4 rings (SSSR count). The first-order chi connectivity index (χ1) is 12.7. The van der Waals surface area contributed by atoms with Crippen LogP contribution >= 0.6 is 0 Å². The van der Waals surface area contributed by atoms with Gasteiger partial charge in [-0.3, -0.25) is 9.78 Å². The molecular weight excluding hydrogens is 335 g/mol. The van der Waals surface area contributed by atoms with Gasteiger partial charge in [-0.05, 0) is 37.1 Å². The Bertz CT molecular complexity index is 757. The summed E-state index contributed by atoms with van der Waals surface area (Å²) in [7, 11) is 0. The number of carbonyl (C=O) groups is 1. The SMILES string of the molecule is O=C(COc1ccccc1F)N1C2CCC1CC(Oc1ccncc1)C2. The molecule has 136 valence electrons. The molecule has 3 heterocycles. The van der Waals surface area contributed by atoms with Crippen molar-refractivity contribution in [1.82, 2.24) is 9.88 Å². The Hall–Kier alpha value is -2.63. The lowest BCUT2D eigenvalue weighted by atomic mass is 9.99. The average Bonchev–Trinajstić information content (AvgIpc) is 2.93. The second kappa shape index (κ2) is 7.32. The fourth-order valence-electron chi connectivity index (χ4n) is 4.02. The number of fused-ring (bicyclic) bond motifs is 2. The summed E-state index contributed by atoms with van der Waals surface area (Å²) < 4.78 is 25.1. The third kappa shape index (κ3) is 3.49. The molecule has 2 aliphatic heterocycles. The lowest BCUT2D eigenvalue weighted by Crippen LogP contribution is -2.50. The molecule has 2 saturated heterocycles. The molecule has 2 aliphatic rings. The van der Waals surface area contributed by atoms with Gasteiger partial charge in [0.05, 0.1) is 0 Å². The zero-order chi connectivity index (χ0) is 17.9. The summed E-state index contributed by atoms with van der Waals surface area (Å²) in [4.78, 5) is 18.6. The number of pyridine rings is 1. The van der Waals surface area contributed by atoms with Gasteiger partial charge in [0.2, 0.25) is 0 Å². The standard InChI is InChI=1S/C20H21FN2O3/c21-18-3-1-2-4-19(18)25-13-20(24)23-14-5-6-15(23)12-17(11-14)26-16-7-9-22-10-8-16/h1-4,7-10,14-15,17H,5-6,11-13H2. The van der Waals surface area contributed by atoms with E-state index in [1.165, 1.54) is 12.1 Å². The Morgan fingerprint density at radius 3 is 2.50 bits per heavy atom. The summed E-state index contributed by atoms with van der Waals surface area (Å²) in [6.45, 7) is -0.135. The van der Waals surface area contributed by atoms with Crippen molar-refractivity contribution in [2.45, 2.75) is 43.9 Å². The van der Waals surface area contributed by atoms with E-state index in [2.05, 4.69) is 4.98 Å². The maximum absolute atomic E-state index is 13.6. The number of carbonyl (C=O) groups excluding carboxylic acids is 1. The van der Waals surface area contributed by atoms with Crippen LogP contribution in [-0.4, -0.2) is 40.6 Å². The minimum atomic E-state index is -0.451. The fourth-order valence-corrected chi connectivity index (χ4v) is 4.02. The highest BCUT2D eigenvalue weighted by Gasteiger charge is 2.44. The van der Waals surface area contributed by atoms with Gasteiger partial charge in [-0.1, -0.05) is 12.1 Å². The monoisotopic (exact) mass is 356 g/mol. The molecule has 2 unspecified atom stereocenters. The molecule has 0 N–H and O–H groups in total. The van der Waals surface area contributed by atoms with Crippen molar-refractivity contribution in [3.63, 3.8) is 0 Å². The zero-order valence-corrected chi connectivity index (χ0v) is 14.4. The average molecular weight is 356 g/mol. The zero-order valence-electron chi connectivity index (χ0n) is 14.4. The Kier molecular flexibility index (Phi) is 4.73. The highest BCUT2D eigenvalue weighted by atomic mass is 19.1. The van der Waals surface area contributed by atoms with E-state index in [4.69, 9.17) is 9.47 Å². The van der Waals surface area contributed by atoms with Crippen LogP contribution in [0.2, 0.25) is 0 Å². The van der Waals surface area contributed by atoms with E-state index >= 15 is 0 Å². The molecule has 5 nitrogen and oxygen atoms in total. The van der Waals surface area contributed by atoms with E-state index in [1.54, 1.807) is 24.5 Å². The van der Waals surface area contributed by atoms with Crippen molar-refractivity contribution in [2.75, 3.05) is 6.61 Å². The third-order valence-corrected chi connectivity index (χ3v) is 5.12. The quantitative estimate of drug-likeness (QED) is 0.826. The Balaban J connectivity index is 1.35. The number of para-hydroxylation sites is 1. The van der Waals surface area contributed by atoms with Gasteiger partial charge in [-0.2, -0.15) is 0 Å². The van der Waals surface area contributed by atoms with E-state index < -0.39 is 5.82 Å². The summed E-state index contributed by atoms with van der Waals surface area (Å²) in [5.74, 6) is 0.395. The number of amides is 1. The van der Waals surface area contributed by atoms with Crippen molar-refractivity contribution >= 4 is 5.91 Å². The molecule has 0 saturated carbocycles. The van der Waals surface area contributed by atoms with Crippen LogP contribution in [0.15, 0.2) is 48.8 Å². The summed E-state index contributed by atoms with van der Waals surface area (Å²) >= 11 is 0. The lowest BCUT2D eigenvalue weighted by molar-refractivity contribution is -0.139. The molecule has 6 heteroatoms. The van der Waals surface area contributed by atoms with Gasteiger partial charge in [0.15, 0.2) is 18.2 Å². The first-order valence-corrected chi connectivity index (χ1v) is 8.96. The number of nitrogens with zero attached hydrogens (tertiary/aromatic N) is 2. The Labute approximate surface area is 151 Å². The van der Waals surface area contributed by atoms with Crippen LogP contribution in [0.25, 0.3) is 0 Å². The van der Waals surface area contributed by atoms with Crippen molar-refractivity contribution < 1.29 is 18.7 Å². The van der Waals surface area contributed by atoms with E-state index in [0.29, 0.717) is 0 Å². The molecule has 2 bridgehead atoms. The Morgan fingerprint density at radius 2 is 1.81 bits per heavy atom. The maximum atomic E-state index is 13.6. The molecule has 1 amide bonds. The number of piperidine rings is 1. The van der Waals surface area contributed by atoms with Crippen molar-refractivity contribution in [2.24, 2.45) is 0 Å². The number of ether oxygens (including phenoxy) is 2. The lowest BCUT2D eigenvalue weighted by Gasteiger charge is -2.38. The fraction of sp³-hybridized carbons (Fsp3) is 0.400. The minimum absolute atomic E-state index is 0.0804. The molecule has 1 aromatic carbocycles. The highest BCUT2D eigenvalue weighted by molar-refractivity contribution is 5.79. The summed E-state index contributed by atoms with van der Waals surface area (Å²) in [5.41, 5.74) is 0. The van der Waals surface area contributed by atoms with E-state index in [0.717, 1.165) is 31.4 Å².